The van der Waals surface area contributed by atoms with Gasteiger partial charge in [-0.15, -0.1) is 24.0 Å². The molecular weight excluding hydrogens is 387 g/mol. The summed E-state index contributed by atoms with van der Waals surface area (Å²) in [5.74, 6) is 1.52. The quantitative estimate of drug-likeness (QED) is 0.407. The summed E-state index contributed by atoms with van der Waals surface area (Å²) in [6, 6.07) is 9.74. The maximum Gasteiger partial charge on any atom is 0.191 e. The molecule has 0 aliphatic carbocycles. The van der Waals surface area contributed by atoms with E-state index in [1.165, 1.54) is 12.8 Å². The predicted molar refractivity (Wildman–Crippen MR) is 103 cm³/mol. The Balaban J connectivity index is 0.00000441. The van der Waals surface area contributed by atoms with Crippen molar-refractivity contribution in [3.05, 3.63) is 35.4 Å². The maximum atomic E-state index is 8.91. The summed E-state index contributed by atoms with van der Waals surface area (Å²) in [7, 11) is 0. The van der Waals surface area contributed by atoms with Gasteiger partial charge in [0.15, 0.2) is 5.96 Å². The van der Waals surface area contributed by atoms with Gasteiger partial charge in [0.1, 0.15) is 0 Å². The summed E-state index contributed by atoms with van der Waals surface area (Å²) in [5.41, 5.74) is 1.73. The first-order chi connectivity index (χ1) is 10.2. The van der Waals surface area contributed by atoms with Crippen molar-refractivity contribution in [2.75, 3.05) is 13.1 Å². The first-order valence-electron chi connectivity index (χ1n) is 7.74. The van der Waals surface area contributed by atoms with Crippen molar-refractivity contribution >= 4 is 29.9 Å². The summed E-state index contributed by atoms with van der Waals surface area (Å²) in [5, 5.41) is 15.6. The molecular formula is C17H27IN4. The van der Waals surface area contributed by atoms with Gasteiger partial charge in [0, 0.05) is 13.1 Å². The van der Waals surface area contributed by atoms with E-state index in [1.54, 1.807) is 0 Å². The third kappa shape index (κ3) is 7.64. The summed E-state index contributed by atoms with van der Waals surface area (Å²) >= 11 is 0. The zero-order valence-corrected chi connectivity index (χ0v) is 16.1. The Morgan fingerprint density at radius 3 is 2.55 bits per heavy atom. The van der Waals surface area contributed by atoms with E-state index in [1.807, 2.05) is 24.3 Å². The van der Waals surface area contributed by atoms with Gasteiger partial charge in [-0.2, -0.15) is 5.26 Å². The second-order valence-corrected chi connectivity index (χ2v) is 5.07. The molecule has 0 heterocycles. The topological polar surface area (TPSA) is 60.2 Å². The Labute approximate surface area is 151 Å². The zero-order chi connectivity index (χ0) is 15.5. The van der Waals surface area contributed by atoms with Gasteiger partial charge < -0.3 is 10.6 Å². The average Bonchev–Trinajstić information content (AvgIpc) is 2.53. The van der Waals surface area contributed by atoms with Crippen LogP contribution in [0.15, 0.2) is 29.3 Å². The molecule has 0 fully saturated rings. The number of hydrogen-bond acceptors (Lipinski definition) is 2. The van der Waals surface area contributed by atoms with E-state index in [2.05, 4.69) is 42.5 Å². The molecule has 0 aromatic heterocycles. The number of nitriles is 1. The number of aliphatic imine (C=N–C) groups is 1. The van der Waals surface area contributed by atoms with Crippen LogP contribution in [0.4, 0.5) is 0 Å². The van der Waals surface area contributed by atoms with Gasteiger partial charge in [-0.3, -0.25) is 0 Å². The van der Waals surface area contributed by atoms with Crippen LogP contribution < -0.4 is 10.6 Å². The first kappa shape index (κ1) is 20.7. The molecule has 122 valence electrons. The monoisotopic (exact) mass is 414 g/mol. The smallest absolute Gasteiger partial charge is 0.191 e. The van der Waals surface area contributed by atoms with Gasteiger partial charge in [0.25, 0.3) is 0 Å². The molecule has 0 spiro atoms. The molecule has 5 heteroatoms. The largest absolute Gasteiger partial charge is 0.357 e. The number of hydrogen-bond donors (Lipinski definition) is 2. The second kappa shape index (κ2) is 12.3. The van der Waals surface area contributed by atoms with Crippen LogP contribution in [0.2, 0.25) is 0 Å². The third-order valence-electron chi connectivity index (χ3n) is 3.53. The van der Waals surface area contributed by atoms with Crippen LogP contribution in [0.25, 0.3) is 0 Å². The number of rotatable bonds is 7. The lowest BCUT2D eigenvalue weighted by atomic mass is 10.0. The minimum absolute atomic E-state index is 0. The summed E-state index contributed by atoms with van der Waals surface area (Å²) in [6.45, 7) is 8.85. The van der Waals surface area contributed by atoms with Gasteiger partial charge in [-0.05, 0) is 30.5 Å². The average molecular weight is 414 g/mol. The summed E-state index contributed by atoms with van der Waals surface area (Å²) in [4.78, 5) is 4.58. The van der Waals surface area contributed by atoms with Crippen LogP contribution in [0.5, 0.6) is 0 Å². The number of benzene rings is 1. The van der Waals surface area contributed by atoms with E-state index in [0.717, 1.165) is 24.6 Å². The first-order valence-corrected chi connectivity index (χ1v) is 7.74. The molecule has 0 atom stereocenters. The number of nitrogens with one attached hydrogen (secondary N) is 2. The lowest BCUT2D eigenvalue weighted by Gasteiger charge is -2.16. The van der Waals surface area contributed by atoms with E-state index in [-0.39, 0.29) is 24.0 Å². The fourth-order valence-corrected chi connectivity index (χ4v) is 2.07. The highest BCUT2D eigenvalue weighted by atomic mass is 127. The summed E-state index contributed by atoms with van der Waals surface area (Å²) < 4.78 is 0. The van der Waals surface area contributed by atoms with Gasteiger partial charge in [-0.25, -0.2) is 4.99 Å². The molecule has 1 aromatic carbocycles. The lowest BCUT2D eigenvalue weighted by Crippen LogP contribution is -2.39. The fourth-order valence-electron chi connectivity index (χ4n) is 2.07. The molecule has 0 aliphatic heterocycles. The second-order valence-electron chi connectivity index (χ2n) is 5.07. The Morgan fingerprint density at radius 1 is 1.23 bits per heavy atom. The van der Waals surface area contributed by atoms with Crippen molar-refractivity contribution in [1.29, 1.82) is 5.26 Å². The van der Waals surface area contributed by atoms with Crippen LogP contribution in [-0.4, -0.2) is 19.0 Å². The van der Waals surface area contributed by atoms with E-state index < -0.39 is 0 Å². The fraction of sp³-hybridized carbons (Fsp3) is 0.529. The molecule has 22 heavy (non-hydrogen) atoms. The van der Waals surface area contributed by atoms with Crippen LogP contribution in [0.3, 0.4) is 0 Å². The van der Waals surface area contributed by atoms with Crippen LogP contribution in [0, 0.1) is 17.2 Å². The maximum absolute atomic E-state index is 8.91. The minimum Gasteiger partial charge on any atom is -0.357 e. The minimum atomic E-state index is 0. The standard InChI is InChI=1S/C17H26N4.HI/c1-4-14(5-2)12-20-17(19-6-3)21-13-16-9-7-8-15(10-16)11-18;/h7-10,14H,4-6,12-13H2,1-3H3,(H2,19,20,21);1H. The molecule has 0 radical (unpaired) electrons. The van der Waals surface area contributed by atoms with Crippen molar-refractivity contribution < 1.29 is 0 Å². The van der Waals surface area contributed by atoms with Crippen molar-refractivity contribution in [3.8, 4) is 6.07 Å². The van der Waals surface area contributed by atoms with Crippen LogP contribution >= 0.6 is 24.0 Å². The molecule has 0 amide bonds. The Morgan fingerprint density at radius 2 is 1.95 bits per heavy atom. The Bertz CT molecular complexity index is 490. The molecule has 0 saturated heterocycles. The van der Waals surface area contributed by atoms with Crippen molar-refractivity contribution in [1.82, 2.24) is 10.6 Å². The number of guanidine groups is 1. The lowest BCUT2D eigenvalue weighted by molar-refractivity contribution is 0.481. The van der Waals surface area contributed by atoms with E-state index in [4.69, 9.17) is 5.26 Å². The van der Waals surface area contributed by atoms with Gasteiger partial charge in [0.05, 0.1) is 18.2 Å². The highest BCUT2D eigenvalue weighted by Crippen LogP contribution is 2.06. The van der Waals surface area contributed by atoms with Crippen LogP contribution in [-0.2, 0) is 6.54 Å². The Kier molecular flexibility index (Phi) is 11.6. The molecule has 1 aromatic rings. The van der Waals surface area contributed by atoms with Crippen LogP contribution in [0.1, 0.15) is 44.7 Å². The molecule has 0 bridgehead atoms. The Hall–Kier alpha value is -1.29. The van der Waals surface area contributed by atoms with Crippen molar-refractivity contribution in [2.24, 2.45) is 10.9 Å². The molecule has 1 rings (SSSR count). The van der Waals surface area contributed by atoms with Crippen molar-refractivity contribution in [2.45, 2.75) is 40.2 Å². The third-order valence-corrected chi connectivity index (χ3v) is 3.53. The molecule has 0 saturated carbocycles. The normalized spacial score (nSPS) is 10.8. The van der Waals surface area contributed by atoms with Gasteiger partial charge in [-0.1, -0.05) is 38.8 Å². The summed E-state index contributed by atoms with van der Waals surface area (Å²) in [6.07, 6.45) is 2.35. The molecule has 0 unspecified atom stereocenters. The SMILES string of the molecule is CCNC(=NCc1cccc(C#N)c1)NCC(CC)CC.I. The molecule has 2 N–H and O–H groups in total. The predicted octanol–water partition coefficient (Wildman–Crippen LogP) is 3.67. The van der Waals surface area contributed by atoms with E-state index >= 15 is 0 Å². The highest BCUT2D eigenvalue weighted by molar-refractivity contribution is 14.0. The highest BCUT2D eigenvalue weighted by Gasteiger charge is 2.04. The molecule has 0 aliphatic rings. The van der Waals surface area contributed by atoms with E-state index in [0.29, 0.717) is 18.0 Å². The zero-order valence-electron chi connectivity index (χ0n) is 13.7. The number of halogens is 1. The van der Waals surface area contributed by atoms with E-state index in [9.17, 15) is 0 Å². The van der Waals surface area contributed by atoms with Gasteiger partial charge in [0.2, 0.25) is 0 Å². The molecule has 4 nitrogen and oxygen atoms in total. The van der Waals surface area contributed by atoms with Gasteiger partial charge >= 0.3 is 0 Å². The van der Waals surface area contributed by atoms with Crippen molar-refractivity contribution in [3.63, 3.8) is 0 Å². The number of nitrogens with zero attached hydrogens (tertiary/aromatic N) is 2.